The minimum Gasteiger partial charge on any atom is -0.372 e. The number of fused-ring (bicyclic) bond motifs is 1. The molecule has 0 unspecified atom stereocenters. The van der Waals surface area contributed by atoms with Crippen LogP contribution in [0.2, 0.25) is 5.02 Å². The summed E-state index contributed by atoms with van der Waals surface area (Å²) in [5.74, 6) is -0.103. The number of morpholine rings is 1. The number of ether oxygens (including phenoxy) is 1. The summed E-state index contributed by atoms with van der Waals surface area (Å²) in [4.78, 5) is 32.7. The molecule has 6 nitrogen and oxygen atoms in total. The number of amides is 1. The molecule has 0 saturated carbocycles. The largest absolute Gasteiger partial charge is 0.372 e. The number of carbonyl (C=O) groups excluding carboxylic acids is 1. The van der Waals surface area contributed by atoms with E-state index in [0.717, 1.165) is 11.1 Å². The Morgan fingerprint density at radius 3 is 2.61 bits per heavy atom. The van der Waals surface area contributed by atoms with Crippen molar-refractivity contribution in [3.63, 3.8) is 0 Å². The van der Waals surface area contributed by atoms with Gasteiger partial charge >= 0.3 is 0 Å². The summed E-state index contributed by atoms with van der Waals surface area (Å²) in [6.07, 6.45) is 1.43. The second-order valence-electron chi connectivity index (χ2n) is 7.07. The van der Waals surface area contributed by atoms with E-state index < -0.39 is 0 Å². The molecule has 1 aromatic carbocycles. The van der Waals surface area contributed by atoms with Crippen LogP contribution in [0.15, 0.2) is 40.8 Å². The van der Waals surface area contributed by atoms with E-state index in [2.05, 4.69) is 4.98 Å². The van der Waals surface area contributed by atoms with Gasteiger partial charge in [-0.2, -0.15) is 0 Å². The van der Waals surface area contributed by atoms with Gasteiger partial charge in [0, 0.05) is 29.1 Å². The van der Waals surface area contributed by atoms with E-state index in [1.54, 1.807) is 17.0 Å². The lowest BCUT2D eigenvalue weighted by atomic mass is 10.1. The van der Waals surface area contributed by atoms with Crippen molar-refractivity contribution in [2.75, 3.05) is 13.1 Å². The summed E-state index contributed by atoms with van der Waals surface area (Å²) in [6.45, 7) is 4.92. The first-order chi connectivity index (χ1) is 13.4. The molecule has 0 spiro atoms. The molecule has 146 valence electrons. The summed E-state index contributed by atoms with van der Waals surface area (Å²) in [5.41, 5.74) is 1.50. The standard InChI is InChI=1S/C20H20ClN3O3S/c1-12-7-23(8-13(2)27-12)17(25)9-24-11-22-19-18(20(24)26)16(10-28-19)14-3-5-15(21)6-4-14/h3-6,10-13H,7-9H2,1-2H3/t12-,13-/m1/s1. The summed E-state index contributed by atoms with van der Waals surface area (Å²) in [7, 11) is 0. The average molecular weight is 418 g/mol. The number of benzene rings is 1. The van der Waals surface area contributed by atoms with Gasteiger partial charge in [0.15, 0.2) is 0 Å². The van der Waals surface area contributed by atoms with E-state index in [4.69, 9.17) is 16.3 Å². The first-order valence-corrected chi connectivity index (χ1v) is 10.3. The Labute approximate surface area is 171 Å². The molecule has 0 bridgehead atoms. The van der Waals surface area contributed by atoms with Gasteiger partial charge in [0.2, 0.25) is 5.91 Å². The number of hydrogen-bond acceptors (Lipinski definition) is 5. The predicted octanol–water partition coefficient (Wildman–Crippen LogP) is 3.41. The lowest BCUT2D eigenvalue weighted by molar-refractivity contribution is -0.143. The molecule has 28 heavy (non-hydrogen) atoms. The molecule has 8 heteroatoms. The second-order valence-corrected chi connectivity index (χ2v) is 8.36. The van der Waals surface area contributed by atoms with Crippen LogP contribution in [0.4, 0.5) is 0 Å². The normalized spacial score (nSPS) is 19.9. The van der Waals surface area contributed by atoms with Crippen molar-refractivity contribution in [1.82, 2.24) is 14.5 Å². The molecule has 0 N–H and O–H groups in total. The molecule has 1 aliphatic rings. The summed E-state index contributed by atoms with van der Waals surface area (Å²) in [6, 6.07) is 7.34. The SMILES string of the molecule is C[C@@H]1CN(C(=O)Cn2cnc3scc(-c4ccc(Cl)cc4)c3c2=O)C[C@@H](C)O1. The van der Waals surface area contributed by atoms with Gasteiger partial charge in [-0.15, -0.1) is 11.3 Å². The Bertz CT molecular complexity index is 1070. The van der Waals surface area contributed by atoms with E-state index in [-0.39, 0.29) is 30.2 Å². The van der Waals surface area contributed by atoms with Crippen LogP contribution in [0.25, 0.3) is 21.3 Å². The molecule has 4 rings (SSSR count). The molecule has 1 aliphatic heterocycles. The fourth-order valence-corrected chi connectivity index (χ4v) is 4.58. The van der Waals surface area contributed by atoms with Crippen molar-refractivity contribution in [3.05, 3.63) is 51.3 Å². The van der Waals surface area contributed by atoms with Crippen LogP contribution in [0.5, 0.6) is 0 Å². The third-order valence-electron chi connectivity index (χ3n) is 4.79. The van der Waals surface area contributed by atoms with Crippen LogP contribution in [-0.2, 0) is 16.1 Å². The second kappa shape index (κ2) is 7.66. The third-order valence-corrected chi connectivity index (χ3v) is 5.93. The van der Waals surface area contributed by atoms with Gasteiger partial charge in [-0.25, -0.2) is 4.98 Å². The minimum atomic E-state index is -0.209. The smallest absolute Gasteiger partial charge is 0.263 e. The maximum Gasteiger partial charge on any atom is 0.263 e. The maximum atomic E-state index is 13.1. The quantitative estimate of drug-likeness (QED) is 0.655. The van der Waals surface area contributed by atoms with Crippen LogP contribution in [0.1, 0.15) is 13.8 Å². The van der Waals surface area contributed by atoms with Crippen molar-refractivity contribution in [3.8, 4) is 11.1 Å². The number of aromatic nitrogens is 2. The molecule has 3 heterocycles. The molecule has 2 aromatic heterocycles. The Morgan fingerprint density at radius 2 is 1.93 bits per heavy atom. The first-order valence-electron chi connectivity index (χ1n) is 9.08. The third kappa shape index (κ3) is 3.70. The van der Waals surface area contributed by atoms with Gasteiger partial charge in [-0.1, -0.05) is 23.7 Å². The number of hydrogen-bond donors (Lipinski definition) is 0. The Hall–Kier alpha value is -2.22. The Morgan fingerprint density at radius 1 is 1.25 bits per heavy atom. The molecule has 3 aromatic rings. The Balaban J connectivity index is 1.66. The average Bonchev–Trinajstić information content (AvgIpc) is 3.08. The van der Waals surface area contributed by atoms with E-state index in [1.807, 2.05) is 31.4 Å². The van der Waals surface area contributed by atoms with Crippen LogP contribution >= 0.6 is 22.9 Å². The lowest BCUT2D eigenvalue weighted by Crippen LogP contribution is -2.49. The molecule has 0 aliphatic carbocycles. The lowest BCUT2D eigenvalue weighted by Gasteiger charge is -2.35. The molecule has 2 atom stereocenters. The number of carbonyl (C=O) groups is 1. The highest BCUT2D eigenvalue weighted by molar-refractivity contribution is 7.17. The van der Waals surface area contributed by atoms with E-state index in [9.17, 15) is 9.59 Å². The molecule has 1 amide bonds. The highest BCUT2D eigenvalue weighted by Crippen LogP contribution is 2.31. The highest BCUT2D eigenvalue weighted by atomic mass is 35.5. The zero-order valence-electron chi connectivity index (χ0n) is 15.6. The fourth-order valence-electron chi connectivity index (χ4n) is 3.55. The topological polar surface area (TPSA) is 64.4 Å². The molecule has 0 radical (unpaired) electrons. The zero-order chi connectivity index (χ0) is 19.8. The predicted molar refractivity (Wildman–Crippen MR) is 111 cm³/mol. The molecular formula is C20H20ClN3O3S. The van der Waals surface area contributed by atoms with Gasteiger partial charge in [0.25, 0.3) is 5.56 Å². The number of rotatable bonds is 3. The number of halogens is 1. The highest BCUT2D eigenvalue weighted by Gasteiger charge is 2.26. The van der Waals surface area contributed by atoms with Crippen molar-refractivity contribution in [1.29, 1.82) is 0 Å². The Kier molecular flexibility index (Phi) is 5.23. The van der Waals surface area contributed by atoms with Gasteiger partial charge in [0.05, 0.1) is 23.9 Å². The summed E-state index contributed by atoms with van der Waals surface area (Å²) < 4.78 is 7.07. The molecule has 1 saturated heterocycles. The fraction of sp³-hybridized carbons (Fsp3) is 0.350. The van der Waals surface area contributed by atoms with Crippen LogP contribution in [-0.4, -0.2) is 45.7 Å². The van der Waals surface area contributed by atoms with E-state index in [0.29, 0.717) is 28.3 Å². The number of nitrogens with zero attached hydrogens (tertiary/aromatic N) is 3. The van der Waals surface area contributed by atoms with E-state index in [1.165, 1.54) is 22.2 Å². The van der Waals surface area contributed by atoms with Gasteiger partial charge in [-0.05, 0) is 31.5 Å². The minimum absolute atomic E-state index is 0.0154. The van der Waals surface area contributed by atoms with Crippen LogP contribution < -0.4 is 5.56 Å². The van der Waals surface area contributed by atoms with Crippen LogP contribution in [0.3, 0.4) is 0 Å². The van der Waals surface area contributed by atoms with Crippen molar-refractivity contribution in [2.24, 2.45) is 0 Å². The molecule has 1 fully saturated rings. The monoisotopic (exact) mass is 417 g/mol. The van der Waals surface area contributed by atoms with Crippen molar-refractivity contribution < 1.29 is 9.53 Å². The number of thiophene rings is 1. The summed E-state index contributed by atoms with van der Waals surface area (Å²) >= 11 is 7.39. The van der Waals surface area contributed by atoms with Gasteiger partial charge in [0.1, 0.15) is 11.4 Å². The summed E-state index contributed by atoms with van der Waals surface area (Å²) in [5, 5.41) is 3.09. The first kappa shape index (κ1) is 19.1. The molecular weight excluding hydrogens is 398 g/mol. The maximum absolute atomic E-state index is 13.1. The van der Waals surface area contributed by atoms with Gasteiger partial charge < -0.3 is 9.64 Å². The van der Waals surface area contributed by atoms with Crippen LogP contribution in [0, 0.1) is 0 Å². The van der Waals surface area contributed by atoms with Crippen molar-refractivity contribution in [2.45, 2.75) is 32.6 Å². The van der Waals surface area contributed by atoms with E-state index >= 15 is 0 Å². The zero-order valence-corrected chi connectivity index (χ0v) is 17.2. The van der Waals surface area contributed by atoms with Gasteiger partial charge in [-0.3, -0.25) is 14.2 Å². The van der Waals surface area contributed by atoms with Crippen molar-refractivity contribution >= 4 is 39.1 Å².